The first-order valence-electron chi connectivity index (χ1n) is 9.09. The largest absolute Gasteiger partial charge is 0.457 e. The smallest absolute Gasteiger partial charge is 0.375 e. The van der Waals surface area contributed by atoms with Crippen molar-refractivity contribution >= 4 is 28.0 Å². The Kier molecular flexibility index (Phi) is 6.50. The molecule has 0 spiro atoms. The number of nitrogens with zero attached hydrogens (tertiary/aromatic N) is 2. The van der Waals surface area contributed by atoms with Crippen LogP contribution in [-0.4, -0.2) is 62.3 Å². The molecular weight excluding hydrogens is 396 g/mol. The highest BCUT2D eigenvalue weighted by Gasteiger charge is 2.28. The number of aryl methyl sites for hydroxylation is 1. The maximum Gasteiger partial charge on any atom is 0.375 e. The molecule has 1 aromatic carbocycles. The lowest BCUT2D eigenvalue weighted by Crippen LogP contribution is -2.51. The van der Waals surface area contributed by atoms with E-state index in [1.54, 1.807) is 19.1 Å². The average molecular weight is 418 g/mol. The summed E-state index contributed by atoms with van der Waals surface area (Å²) in [6, 6.07) is 10.8. The van der Waals surface area contributed by atoms with Crippen LogP contribution in [0.5, 0.6) is 0 Å². The molecule has 0 atom stereocenters. The van der Waals surface area contributed by atoms with Gasteiger partial charge in [0.05, 0.1) is 6.26 Å². The van der Waals surface area contributed by atoms with Crippen LogP contribution in [0.2, 0.25) is 0 Å². The van der Waals surface area contributed by atoms with Crippen molar-refractivity contribution in [2.24, 2.45) is 0 Å². The summed E-state index contributed by atoms with van der Waals surface area (Å²) in [7, 11) is -3.57. The van der Waals surface area contributed by atoms with Crippen LogP contribution in [0.4, 0.5) is 0 Å². The van der Waals surface area contributed by atoms with E-state index in [1.165, 1.54) is 20.9 Å². The Morgan fingerprint density at radius 2 is 1.79 bits per heavy atom. The van der Waals surface area contributed by atoms with Gasteiger partial charge in [-0.3, -0.25) is 4.79 Å². The van der Waals surface area contributed by atoms with Crippen LogP contribution in [0.3, 0.4) is 0 Å². The van der Waals surface area contributed by atoms with Gasteiger partial charge in [-0.05, 0) is 24.6 Å². The van der Waals surface area contributed by atoms with Crippen LogP contribution >= 0.6 is 0 Å². The van der Waals surface area contributed by atoms with Gasteiger partial charge in [-0.25, -0.2) is 13.2 Å². The zero-order chi connectivity index (χ0) is 20.9. The molecular formula is C20H22N2O6S. The number of hydrogen-bond acceptors (Lipinski definition) is 6. The minimum Gasteiger partial charge on any atom is -0.457 e. The Morgan fingerprint density at radius 3 is 2.41 bits per heavy atom. The van der Waals surface area contributed by atoms with Gasteiger partial charge in [0.1, 0.15) is 0 Å². The lowest BCUT2D eigenvalue weighted by molar-refractivity contribution is -0.135. The zero-order valence-electron chi connectivity index (χ0n) is 16.0. The summed E-state index contributed by atoms with van der Waals surface area (Å²) in [6.45, 7) is 2.10. The molecule has 2 aromatic rings. The molecule has 2 heterocycles. The van der Waals surface area contributed by atoms with Crippen LogP contribution in [0.1, 0.15) is 21.7 Å². The van der Waals surface area contributed by atoms with Crippen LogP contribution in [-0.2, 0) is 19.6 Å². The maximum atomic E-state index is 12.5. The number of carbonyl (C=O) groups is 2. The molecule has 154 valence electrons. The van der Waals surface area contributed by atoms with Crippen molar-refractivity contribution in [1.82, 2.24) is 9.21 Å². The Morgan fingerprint density at radius 1 is 1.10 bits per heavy atom. The van der Waals surface area contributed by atoms with E-state index in [4.69, 9.17) is 9.15 Å². The van der Waals surface area contributed by atoms with Crippen molar-refractivity contribution in [1.29, 1.82) is 0 Å². The number of hydrogen-bond donors (Lipinski definition) is 0. The molecule has 1 aliphatic heterocycles. The van der Waals surface area contributed by atoms with Crippen molar-refractivity contribution in [3.8, 4) is 0 Å². The van der Waals surface area contributed by atoms with Crippen molar-refractivity contribution in [2.75, 3.05) is 32.8 Å². The van der Waals surface area contributed by atoms with Crippen LogP contribution in [0.15, 0.2) is 52.5 Å². The molecule has 1 fully saturated rings. The van der Waals surface area contributed by atoms with Gasteiger partial charge < -0.3 is 14.1 Å². The second kappa shape index (κ2) is 9.06. The fraction of sp³-hybridized carbons (Fsp3) is 0.300. The summed E-state index contributed by atoms with van der Waals surface area (Å²) in [5, 5.41) is 1.17. The van der Waals surface area contributed by atoms with E-state index in [9.17, 15) is 18.0 Å². The molecule has 0 radical (unpaired) electrons. The molecule has 29 heavy (non-hydrogen) atoms. The average Bonchev–Trinajstić information content (AvgIpc) is 3.17. The Balaban J connectivity index is 1.49. The predicted molar refractivity (Wildman–Crippen MR) is 106 cm³/mol. The van der Waals surface area contributed by atoms with E-state index in [0.29, 0.717) is 5.56 Å². The van der Waals surface area contributed by atoms with Gasteiger partial charge in [-0.2, -0.15) is 4.31 Å². The van der Waals surface area contributed by atoms with Gasteiger partial charge >= 0.3 is 5.97 Å². The Labute approximate surface area is 169 Å². The quantitative estimate of drug-likeness (QED) is 0.665. The summed E-state index contributed by atoms with van der Waals surface area (Å²) >= 11 is 0. The standard InChI is InChI=1S/C20H22N2O6S/c1-16-7-13-27-19(16)20(24)28-15-18(23)21-9-11-22(12-10-21)29(25,26)14-8-17-5-3-2-4-6-17/h2-8,13-14H,9-12,15H2,1H3/b14-8+. The highest BCUT2D eigenvalue weighted by atomic mass is 32.2. The van der Waals surface area contributed by atoms with Gasteiger partial charge in [0, 0.05) is 37.2 Å². The minimum absolute atomic E-state index is 0.0684. The molecule has 0 N–H and O–H groups in total. The number of esters is 1. The Bertz CT molecular complexity index is 989. The summed E-state index contributed by atoms with van der Waals surface area (Å²) in [4.78, 5) is 25.6. The molecule has 1 saturated heterocycles. The lowest BCUT2D eigenvalue weighted by atomic mass is 10.2. The number of sulfonamides is 1. The highest BCUT2D eigenvalue weighted by Crippen LogP contribution is 2.13. The third-order valence-electron chi connectivity index (χ3n) is 4.56. The third kappa shape index (κ3) is 5.33. The van der Waals surface area contributed by atoms with Crippen LogP contribution < -0.4 is 0 Å². The first-order valence-corrected chi connectivity index (χ1v) is 10.6. The third-order valence-corrected chi connectivity index (χ3v) is 6.12. The van der Waals surface area contributed by atoms with E-state index in [0.717, 1.165) is 5.56 Å². The number of piperazine rings is 1. The normalized spacial score (nSPS) is 15.6. The maximum absolute atomic E-state index is 12.5. The fourth-order valence-corrected chi connectivity index (χ4v) is 4.05. The predicted octanol–water partition coefficient (Wildman–Crippen LogP) is 1.89. The van der Waals surface area contributed by atoms with Crippen molar-refractivity contribution in [2.45, 2.75) is 6.92 Å². The van der Waals surface area contributed by atoms with Crippen molar-refractivity contribution in [3.05, 3.63) is 65.0 Å². The topological polar surface area (TPSA) is 97.1 Å². The minimum atomic E-state index is -3.57. The monoisotopic (exact) mass is 418 g/mol. The van der Waals surface area contributed by atoms with Crippen molar-refractivity contribution in [3.63, 3.8) is 0 Å². The van der Waals surface area contributed by atoms with Crippen LogP contribution in [0, 0.1) is 6.92 Å². The first-order chi connectivity index (χ1) is 13.9. The molecule has 0 saturated carbocycles. The van der Waals surface area contributed by atoms with Crippen molar-refractivity contribution < 1.29 is 27.2 Å². The molecule has 8 nitrogen and oxygen atoms in total. The zero-order valence-corrected chi connectivity index (χ0v) is 16.8. The molecule has 0 aliphatic carbocycles. The second-order valence-corrected chi connectivity index (χ2v) is 8.37. The molecule has 1 amide bonds. The lowest BCUT2D eigenvalue weighted by Gasteiger charge is -2.33. The highest BCUT2D eigenvalue weighted by molar-refractivity contribution is 7.92. The number of rotatable bonds is 6. The van der Waals surface area contributed by atoms with E-state index >= 15 is 0 Å². The summed E-state index contributed by atoms with van der Waals surface area (Å²) in [6.07, 6.45) is 2.92. The van der Waals surface area contributed by atoms with Gasteiger partial charge in [0.15, 0.2) is 6.61 Å². The second-order valence-electron chi connectivity index (χ2n) is 6.55. The molecule has 1 aromatic heterocycles. The summed E-state index contributed by atoms with van der Waals surface area (Å²) < 4.78 is 36.3. The number of benzene rings is 1. The van der Waals surface area contributed by atoms with E-state index in [-0.39, 0.29) is 37.8 Å². The summed E-state index contributed by atoms with van der Waals surface area (Å²) in [5.41, 5.74) is 1.42. The van der Waals surface area contributed by atoms with Gasteiger partial charge in [-0.1, -0.05) is 30.3 Å². The van der Waals surface area contributed by atoms with Crippen LogP contribution in [0.25, 0.3) is 6.08 Å². The SMILES string of the molecule is Cc1ccoc1C(=O)OCC(=O)N1CCN(S(=O)(=O)/C=C/c2ccccc2)CC1. The van der Waals surface area contributed by atoms with Gasteiger partial charge in [0.2, 0.25) is 15.8 Å². The number of furan rings is 1. The molecule has 3 rings (SSSR count). The molecule has 0 unspecified atom stereocenters. The van der Waals surface area contributed by atoms with E-state index in [2.05, 4.69) is 0 Å². The Hall–Kier alpha value is -2.91. The first kappa shape index (κ1) is 20.8. The number of carbonyl (C=O) groups excluding carboxylic acids is 2. The molecule has 0 bridgehead atoms. The van der Waals surface area contributed by atoms with E-state index < -0.39 is 22.6 Å². The molecule has 1 aliphatic rings. The number of ether oxygens (including phenoxy) is 1. The molecule has 9 heteroatoms. The van der Waals surface area contributed by atoms with Gasteiger partial charge in [0.25, 0.3) is 5.91 Å². The van der Waals surface area contributed by atoms with Gasteiger partial charge in [-0.15, -0.1) is 0 Å². The number of amides is 1. The van der Waals surface area contributed by atoms with E-state index in [1.807, 2.05) is 30.3 Å². The summed E-state index contributed by atoms with van der Waals surface area (Å²) in [5.74, 6) is -1.01. The fourth-order valence-electron chi connectivity index (χ4n) is 2.87.